The molecule has 0 fully saturated rings. The molecule has 0 unspecified atom stereocenters. The maximum atomic E-state index is 12.9. The first-order valence-electron chi connectivity index (χ1n) is 12.1. The Hall–Kier alpha value is -4.68. The summed E-state index contributed by atoms with van der Waals surface area (Å²) in [6, 6.07) is 29.5. The van der Waals surface area contributed by atoms with E-state index in [4.69, 9.17) is 9.47 Å². The van der Waals surface area contributed by atoms with E-state index in [1.807, 2.05) is 60.7 Å². The van der Waals surface area contributed by atoms with E-state index in [0.717, 1.165) is 38.9 Å². The molecule has 6 heteroatoms. The van der Waals surface area contributed by atoms with Crippen LogP contribution in [0.5, 0.6) is 11.5 Å². The second-order valence-electron chi connectivity index (χ2n) is 8.88. The molecule has 0 bridgehead atoms. The highest BCUT2D eigenvalue weighted by Gasteiger charge is 2.11. The fraction of sp³-hybridized carbons (Fsp3) is 0.0606. The first-order chi connectivity index (χ1) is 18.7. The van der Waals surface area contributed by atoms with Crippen molar-refractivity contribution in [3.05, 3.63) is 127 Å². The Morgan fingerprint density at radius 2 is 0.872 bits per heavy atom. The molecule has 0 radical (unpaired) electrons. The molecule has 0 aliphatic heterocycles. The molecule has 0 aliphatic rings. The molecule has 0 spiro atoms. The third-order valence-corrected chi connectivity index (χ3v) is 6.61. The molecule has 39 heavy (non-hydrogen) atoms. The van der Waals surface area contributed by atoms with Crippen molar-refractivity contribution in [2.24, 2.45) is 0 Å². The van der Waals surface area contributed by atoms with Crippen LogP contribution in [0, 0.1) is 0 Å². The molecule has 0 saturated heterocycles. The summed E-state index contributed by atoms with van der Waals surface area (Å²) in [4.78, 5) is 37.0. The van der Waals surface area contributed by atoms with E-state index < -0.39 is 11.9 Å². The maximum Gasteiger partial charge on any atom is 0.338 e. The van der Waals surface area contributed by atoms with Gasteiger partial charge in [0.15, 0.2) is 0 Å². The number of esters is 2. The van der Waals surface area contributed by atoms with Crippen molar-refractivity contribution in [3.63, 3.8) is 0 Å². The smallest absolute Gasteiger partial charge is 0.338 e. The summed E-state index contributed by atoms with van der Waals surface area (Å²) in [6.07, 6.45) is 0. The van der Waals surface area contributed by atoms with Gasteiger partial charge in [-0.3, -0.25) is 4.79 Å². The molecule has 0 heterocycles. The van der Waals surface area contributed by atoms with Crippen molar-refractivity contribution in [2.75, 3.05) is 0 Å². The molecule has 0 aromatic heterocycles. The Morgan fingerprint density at radius 1 is 0.538 bits per heavy atom. The van der Waals surface area contributed by atoms with Gasteiger partial charge in [0.2, 0.25) is 5.12 Å². The number of thioether (sulfide) groups is 1. The van der Waals surface area contributed by atoms with E-state index in [-0.39, 0.29) is 5.12 Å². The second kappa shape index (κ2) is 12.2. The van der Waals surface area contributed by atoms with Gasteiger partial charge < -0.3 is 9.47 Å². The summed E-state index contributed by atoms with van der Waals surface area (Å²) >= 11 is 1.16. The minimum atomic E-state index is -0.463. The Bertz CT molecular complexity index is 1530. The van der Waals surface area contributed by atoms with Crippen LogP contribution in [0.15, 0.2) is 126 Å². The van der Waals surface area contributed by atoms with Crippen LogP contribution in [-0.2, 0) is 9.59 Å². The zero-order valence-electron chi connectivity index (χ0n) is 21.6. The van der Waals surface area contributed by atoms with Gasteiger partial charge in [-0.25, -0.2) is 9.59 Å². The number of rotatable bonds is 8. The van der Waals surface area contributed by atoms with Crippen LogP contribution in [0.3, 0.4) is 0 Å². The van der Waals surface area contributed by atoms with E-state index in [1.165, 1.54) is 0 Å². The summed E-state index contributed by atoms with van der Waals surface area (Å²) in [7, 11) is 0. The predicted molar refractivity (Wildman–Crippen MR) is 155 cm³/mol. The van der Waals surface area contributed by atoms with Crippen molar-refractivity contribution < 1.29 is 23.9 Å². The number of benzene rings is 4. The Labute approximate surface area is 231 Å². The van der Waals surface area contributed by atoms with E-state index in [1.54, 1.807) is 50.2 Å². The lowest BCUT2D eigenvalue weighted by atomic mass is 10.0. The monoisotopic (exact) mass is 534 g/mol. The molecule has 4 aromatic carbocycles. The number of carbonyl (C=O) groups excluding carboxylic acids is 3. The lowest BCUT2D eigenvalue weighted by Gasteiger charge is -2.08. The fourth-order valence-electron chi connectivity index (χ4n) is 3.50. The molecule has 0 atom stereocenters. The van der Waals surface area contributed by atoms with Crippen molar-refractivity contribution in [3.8, 4) is 33.8 Å². The highest BCUT2D eigenvalue weighted by Crippen LogP contribution is 2.29. The van der Waals surface area contributed by atoms with Gasteiger partial charge in [-0.05, 0) is 96.4 Å². The van der Waals surface area contributed by atoms with Gasteiger partial charge in [0.05, 0.1) is 0 Å². The fourth-order valence-corrected chi connectivity index (χ4v) is 4.24. The minimum Gasteiger partial charge on any atom is -0.423 e. The van der Waals surface area contributed by atoms with E-state index in [0.29, 0.717) is 28.2 Å². The summed E-state index contributed by atoms with van der Waals surface area (Å²) in [5, 5.41) is -0.0555. The first-order valence-corrected chi connectivity index (χ1v) is 12.9. The van der Waals surface area contributed by atoms with E-state index in [2.05, 4.69) is 13.2 Å². The average Bonchev–Trinajstić information content (AvgIpc) is 2.94. The maximum absolute atomic E-state index is 12.9. The minimum absolute atomic E-state index is 0.0555. The van der Waals surface area contributed by atoms with Crippen molar-refractivity contribution in [2.45, 2.75) is 18.7 Å². The topological polar surface area (TPSA) is 69.7 Å². The predicted octanol–water partition coefficient (Wildman–Crippen LogP) is 7.92. The van der Waals surface area contributed by atoms with Crippen molar-refractivity contribution in [1.82, 2.24) is 0 Å². The van der Waals surface area contributed by atoms with Crippen LogP contribution in [0.2, 0.25) is 0 Å². The Morgan fingerprint density at radius 3 is 1.23 bits per heavy atom. The van der Waals surface area contributed by atoms with Crippen LogP contribution >= 0.6 is 11.8 Å². The second-order valence-corrected chi connectivity index (χ2v) is 9.93. The average molecular weight is 535 g/mol. The largest absolute Gasteiger partial charge is 0.423 e. The summed E-state index contributed by atoms with van der Waals surface area (Å²) in [5.41, 5.74) is 5.10. The van der Waals surface area contributed by atoms with Gasteiger partial charge >= 0.3 is 11.9 Å². The van der Waals surface area contributed by atoms with E-state index >= 15 is 0 Å². The molecule has 0 N–H and O–H groups in total. The SMILES string of the molecule is C=C(C)C(=O)Oc1ccc(-c2ccc(SC(=O)c3ccc(-c4ccc(OC(=O)C(=C)C)cc4)cc3)cc2)cc1. The Kier molecular flexibility index (Phi) is 8.59. The molecular formula is C33H26O5S. The molecule has 0 amide bonds. The van der Waals surface area contributed by atoms with Crippen LogP contribution in [0.1, 0.15) is 24.2 Å². The van der Waals surface area contributed by atoms with Crippen LogP contribution < -0.4 is 9.47 Å². The standard InChI is InChI=1S/C33H26O5S/c1-21(2)31(34)37-28-15-9-24(10-16-28)23-5-7-27(8-6-23)33(36)39-30-19-13-26(14-20-30)25-11-17-29(18-12-25)38-32(35)22(3)4/h5-20H,1,3H2,2,4H3. The number of carbonyl (C=O) groups is 3. The highest BCUT2D eigenvalue weighted by atomic mass is 32.2. The quantitative estimate of drug-likeness (QED) is 0.0990. The van der Waals surface area contributed by atoms with Crippen LogP contribution in [0.25, 0.3) is 22.3 Å². The van der Waals surface area contributed by atoms with Gasteiger partial charge in [0, 0.05) is 21.6 Å². The third-order valence-electron chi connectivity index (χ3n) is 5.68. The zero-order chi connectivity index (χ0) is 27.9. The molecule has 4 rings (SSSR count). The van der Waals surface area contributed by atoms with Gasteiger partial charge in [-0.1, -0.05) is 61.7 Å². The van der Waals surface area contributed by atoms with Crippen molar-refractivity contribution in [1.29, 1.82) is 0 Å². The lowest BCUT2D eigenvalue weighted by molar-refractivity contribution is -0.130. The summed E-state index contributed by atoms with van der Waals surface area (Å²) < 4.78 is 10.5. The molecule has 194 valence electrons. The third kappa shape index (κ3) is 7.21. The van der Waals surface area contributed by atoms with Crippen molar-refractivity contribution >= 4 is 28.8 Å². The molecule has 4 aromatic rings. The van der Waals surface area contributed by atoms with Gasteiger partial charge in [0.1, 0.15) is 11.5 Å². The van der Waals surface area contributed by atoms with Crippen LogP contribution in [0.4, 0.5) is 0 Å². The molecule has 5 nitrogen and oxygen atoms in total. The highest BCUT2D eigenvalue weighted by molar-refractivity contribution is 8.14. The number of hydrogen-bond donors (Lipinski definition) is 0. The van der Waals surface area contributed by atoms with Gasteiger partial charge in [0.25, 0.3) is 0 Å². The number of ether oxygens (including phenoxy) is 2. The molecular weight excluding hydrogens is 508 g/mol. The lowest BCUT2D eigenvalue weighted by Crippen LogP contribution is -2.07. The zero-order valence-corrected chi connectivity index (χ0v) is 22.4. The van der Waals surface area contributed by atoms with Gasteiger partial charge in [-0.2, -0.15) is 0 Å². The van der Waals surface area contributed by atoms with E-state index in [9.17, 15) is 14.4 Å². The van der Waals surface area contributed by atoms with Crippen LogP contribution in [-0.4, -0.2) is 17.1 Å². The molecule has 0 saturated carbocycles. The molecule has 0 aliphatic carbocycles. The first kappa shape index (κ1) is 27.4. The normalized spacial score (nSPS) is 10.4. The summed E-state index contributed by atoms with van der Waals surface area (Å²) in [5.74, 6) is -0.0187. The van der Waals surface area contributed by atoms with Gasteiger partial charge in [-0.15, -0.1) is 0 Å². The Balaban J connectivity index is 1.36. The number of hydrogen-bond acceptors (Lipinski definition) is 6. The summed E-state index contributed by atoms with van der Waals surface area (Å²) in [6.45, 7) is 10.4.